The molecule has 31 heteroatoms. The number of primary amides is 2. The molecule has 21 N–H and O–H groups in total. The lowest BCUT2D eigenvalue weighted by Crippen LogP contribution is -2.61. The summed E-state index contributed by atoms with van der Waals surface area (Å²) in [4.78, 5) is 157. The summed E-state index contributed by atoms with van der Waals surface area (Å²) < 4.78 is 0. The maximum atomic E-state index is 13.5. The van der Waals surface area contributed by atoms with Crippen LogP contribution in [0.15, 0.2) is 4.99 Å². The van der Waals surface area contributed by atoms with Crippen LogP contribution in [0.25, 0.3) is 0 Å². The number of likely N-dealkylation sites (tertiary alicyclic amines) is 1. The van der Waals surface area contributed by atoms with Crippen LogP contribution in [-0.2, 0) is 57.5 Å². The van der Waals surface area contributed by atoms with E-state index >= 15 is 0 Å². The van der Waals surface area contributed by atoms with Crippen LogP contribution in [0.4, 0.5) is 0 Å². The van der Waals surface area contributed by atoms with Crippen molar-refractivity contribution in [2.75, 3.05) is 45.1 Å². The van der Waals surface area contributed by atoms with E-state index in [1.165, 1.54) is 0 Å². The standard InChI is InChI=1S/C38H65N15O15S/c1-3-17(2)29(36(67)49-19(10-25(40)56)32(63)50-21(14-54)30(41)61)52-34(65)23(16-69)51-33(64)22(15-55)48-27(58)13-46-35(66)24-7-5-9-53(24)37(68)20(11-28(59)60)47-26(57)12-45-31(62)18(39)6-4-8-44-38(42)43/h17-24,29,54-55,69H,3-16,39H2,1-2H3,(H2,40,56)(H2,41,61)(H,45,62)(H,46,66)(H,47,57)(H,48,58)(H,49,67)(H,50,63)(H,51,64)(H,52,65)(H,59,60)(H4,42,43,44)/t17-,18-,19-,20-,21-,22-,23-,24-,29-/m0/s1. The summed E-state index contributed by atoms with van der Waals surface area (Å²) in [6.07, 6.45) is -0.517. The number of nitrogens with zero attached hydrogens (tertiary/aromatic N) is 2. The Morgan fingerprint density at radius 2 is 1.26 bits per heavy atom. The van der Waals surface area contributed by atoms with E-state index in [2.05, 4.69) is 60.2 Å². The number of hydrogen-bond acceptors (Lipinski definition) is 17. The second-order valence-electron chi connectivity index (χ2n) is 15.7. The van der Waals surface area contributed by atoms with Crippen molar-refractivity contribution in [3.63, 3.8) is 0 Å². The summed E-state index contributed by atoms with van der Waals surface area (Å²) in [6.45, 7) is 0.00174. The number of aliphatic hydroxyl groups excluding tert-OH is 2. The molecule has 0 spiro atoms. The monoisotopic (exact) mass is 1000 g/mol. The molecule has 1 rings (SSSR count). The molecule has 388 valence electrons. The Morgan fingerprint density at radius 3 is 1.80 bits per heavy atom. The summed E-state index contributed by atoms with van der Waals surface area (Å²) in [6, 6.07) is -11.8. The van der Waals surface area contributed by atoms with Gasteiger partial charge >= 0.3 is 5.97 Å². The van der Waals surface area contributed by atoms with Gasteiger partial charge in [0.2, 0.25) is 65.0 Å². The van der Waals surface area contributed by atoms with E-state index in [1.54, 1.807) is 13.8 Å². The molecule has 1 saturated heterocycles. The van der Waals surface area contributed by atoms with Crippen LogP contribution in [-0.4, -0.2) is 191 Å². The number of amides is 11. The highest BCUT2D eigenvalue weighted by atomic mass is 32.1. The first-order valence-corrected chi connectivity index (χ1v) is 22.1. The predicted molar refractivity (Wildman–Crippen MR) is 243 cm³/mol. The Balaban J connectivity index is 2.94. The molecule has 0 aliphatic carbocycles. The zero-order chi connectivity index (χ0) is 52.5. The molecule has 69 heavy (non-hydrogen) atoms. The first kappa shape index (κ1) is 60.2. The van der Waals surface area contributed by atoms with Gasteiger partial charge in [0.05, 0.1) is 45.2 Å². The number of carboxylic acids is 1. The number of nitrogens with two attached hydrogens (primary N) is 5. The normalized spacial score (nSPS) is 16.5. The lowest BCUT2D eigenvalue weighted by molar-refractivity contribution is -0.146. The van der Waals surface area contributed by atoms with Crippen molar-refractivity contribution >= 4 is 89.5 Å². The molecule has 1 heterocycles. The van der Waals surface area contributed by atoms with Gasteiger partial charge in [0.1, 0.15) is 42.3 Å². The minimum absolute atomic E-state index is 0.0346. The number of aliphatic imine (C=N–C) groups is 1. The van der Waals surface area contributed by atoms with Gasteiger partial charge in [-0.3, -0.25) is 62.5 Å². The summed E-state index contributed by atoms with van der Waals surface area (Å²) in [5, 5.41) is 46.8. The third-order valence-corrected chi connectivity index (χ3v) is 10.7. The number of carboxylic acid groups (broad SMARTS) is 1. The van der Waals surface area contributed by atoms with Gasteiger partial charge in [-0.1, -0.05) is 20.3 Å². The quantitative estimate of drug-likeness (QED) is 0.0133. The van der Waals surface area contributed by atoms with Crippen LogP contribution >= 0.6 is 12.6 Å². The smallest absolute Gasteiger partial charge is 0.305 e. The number of carbonyl (C=O) groups excluding carboxylic acids is 11. The molecule has 30 nitrogen and oxygen atoms in total. The van der Waals surface area contributed by atoms with E-state index in [9.17, 15) is 72.9 Å². The minimum Gasteiger partial charge on any atom is -0.481 e. The summed E-state index contributed by atoms with van der Waals surface area (Å²) >= 11 is 4.09. The average molecular weight is 1000 g/mol. The second kappa shape index (κ2) is 30.5. The Morgan fingerprint density at radius 1 is 0.710 bits per heavy atom. The molecular weight excluding hydrogens is 939 g/mol. The van der Waals surface area contributed by atoms with Crippen LogP contribution in [0.1, 0.15) is 58.8 Å². The molecule has 0 aromatic heterocycles. The lowest BCUT2D eigenvalue weighted by Gasteiger charge is -2.28. The fourth-order valence-electron chi connectivity index (χ4n) is 6.37. The van der Waals surface area contributed by atoms with E-state index in [1.807, 2.05) is 0 Å². The number of rotatable bonds is 31. The second-order valence-corrected chi connectivity index (χ2v) is 16.1. The highest BCUT2D eigenvalue weighted by molar-refractivity contribution is 7.80. The molecule has 0 aromatic rings. The van der Waals surface area contributed by atoms with E-state index < -0.39 is 164 Å². The molecule has 9 atom stereocenters. The number of nitrogens with one attached hydrogen (secondary N) is 8. The van der Waals surface area contributed by atoms with Crippen molar-refractivity contribution in [1.29, 1.82) is 0 Å². The molecule has 1 aliphatic rings. The number of carbonyl (C=O) groups is 12. The van der Waals surface area contributed by atoms with Crippen molar-refractivity contribution in [3.8, 4) is 0 Å². The maximum absolute atomic E-state index is 13.5. The number of guanidine groups is 1. The van der Waals surface area contributed by atoms with Crippen LogP contribution < -0.4 is 71.2 Å². The largest absolute Gasteiger partial charge is 0.481 e. The van der Waals surface area contributed by atoms with Gasteiger partial charge in [-0.25, -0.2) is 0 Å². The Labute approximate surface area is 400 Å². The zero-order valence-electron chi connectivity index (χ0n) is 38.1. The zero-order valence-corrected chi connectivity index (χ0v) is 39.0. The van der Waals surface area contributed by atoms with E-state index in [4.69, 9.17) is 28.7 Å². The third-order valence-electron chi connectivity index (χ3n) is 10.3. The van der Waals surface area contributed by atoms with Gasteiger partial charge in [-0.2, -0.15) is 12.6 Å². The molecule has 0 bridgehead atoms. The molecule has 0 unspecified atom stereocenters. The Kier molecular flexibility index (Phi) is 26.6. The Hall–Kier alpha value is -6.86. The summed E-state index contributed by atoms with van der Waals surface area (Å²) in [7, 11) is 0. The van der Waals surface area contributed by atoms with E-state index in [-0.39, 0.29) is 50.5 Å². The van der Waals surface area contributed by atoms with Gasteiger partial charge in [0.25, 0.3) is 0 Å². The first-order valence-electron chi connectivity index (χ1n) is 21.5. The van der Waals surface area contributed by atoms with Crippen molar-refractivity contribution < 1.29 is 72.9 Å². The highest BCUT2D eigenvalue weighted by Gasteiger charge is 2.39. The van der Waals surface area contributed by atoms with Gasteiger partial charge in [-0.05, 0) is 31.6 Å². The van der Waals surface area contributed by atoms with Crippen molar-refractivity contribution in [1.82, 2.24) is 47.4 Å². The molecule has 1 fully saturated rings. The molecule has 0 radical (unpaired) electrons. The van der Waals surface area contributed by atoms with Crippen molar-refractivity contribution in [2.24, 2.45) is 39.6 Å². The number of thiol groups is 1. The van der Waals surface area contributed by atoms with E-state index in [0.29, 0.717) is 6.42 Å². The highest BCUT2D eigenvalue weighted by Crippen LogP contribution is 2.19. The van der Waals surface area contributed by atoms with Gasteiger partial charge in [-0.15, -0.1) is 0 Å². The minimum atomic E-state index is -1.71. The molecule has 0 saturated carbocycles. The van der Waals surface area contributed by atoms with E-state index in [0.717, 1.165) is 4.90 Å². The van der Waals surface area contributed by atoms with Gasteiger partial charge in [0.15, 0.2) is 5.96 Å². The summed E-state index contributed by atoms with van der Waals surface area (Å²) in [5.74, 6) is -13.5. The fourth-order valence-corrected chi connectivity index (χ4v) is 6.63. The van der Waals surface area contributed by atoms with Crippen LogP contribution in [0, 0.1) is 5.92 Å². The molecule has 1 aliphatic heterocycles. The van der Waals surface area contributed by atoms with Crippen LogP contribution in [0.5, 0.6) is 0 Å². The molecule has 0 aromatic carbocycles. The average Bonchev–Trinajstić information content (AvgIpc) is 3.79. The molecular formula is C38H65N15O15S. The maximum Gasteiger partial charge on any atom is 0.305 e. The number of aliphatic hydroxyl groups is 2. The third kappa shape index (κ3) is 21.3. The Bertz CT molecular complexity index is 1910. The number of aliphatic carboxylic acids is 1. The number of hydrogen-bond donors (Lipinski definition) is 17. The topological polar surface area (TPSA) is 507 Å². The predicted octanol–water partition coefficient (Wildman–Crippen LogP) is -9.70. The fraction of sp³-hybridized carbons (Fsp3) is 0.658. The van der Waals surface area contributed by atoms with Gasteiger partial charge in [0, 0.05) is 18.8 Å². The van der Waals surface area contributed by atoms with Crippen LogP contribution in [0.2, 0.25) is 0 Å². The van der Waals surface area contributed by atoms with Crippen molar-refractivity contribution in [3.05, 3.63) is 0 Å². The van der Waals surface area contributed by atoms with Gasteiger partial charge < -0.3 is 91.4 Å². The van der Waals surface area contributed by atoms with Crippen molar-refractivity contribution in [2.45, 2.75) is 107 Å². The SMILES string of the molecule is CC[C@H](C)[C@H](NC(=O)[C@H](CS)NC(=O)[C@H](CO)NC(=O)CNC(=O)[C@@H]1CCCN1C(=O)[C@H](CC(=O)O)NC(=O)CNC(=O)[C@@H](N)CCCN=C(N)N)C(=O)N[C@@H](CC(N)=O)C(=O)N[C@@H](CO)C(N)=O. The summed E-state index contributed by atoms with van der Waals surface area (Å²) in [5.41, 5.74) is 26.7. The lowest BCUT2D eigenvalue weighted by atomic mass is 9.97. The van der Waals surface area contributed by atoms with Crippen LogP contribution in [0.3, 0.4) is 0 Å². The molecule has 11 amide bonds. The first-order chi connectivity index (χ1) is 32.4.